The van der Waals surface area contributed by atoms with Gasteiger partial charge in [0.2, 0.25) is 0 Å². The van der Waals surface area contributed by atoms with Crippen LogP contribution in [-0.4, -0.2) is 18.6 Å². The normalized spacial score (nSPS) is 24.8. The van der Waals surface area contributed by atoms with Crippen LogP contribution in [0.15, 0.2) is 28.7 Å². The minimum absolute atomic E-state index is 0.459. The van der Waals surface area contributed by atoms with Crippen molar-refractivity contribution in [3.05, 3.63) is 28.7 Å². The number of benzene rings is 1. The number of hydrogen-bond donors (Lipinski definition) is 2. The highest BCUT2D eigenvalue weighted by molar-refractivity contribution is 9.10. The largest absolute Gasteiger partial charge is 0.366 e. The van der Waals surface area contributed by atoms with Crippen LogP contribution in [0.5, 0.6) is 0 Å². The summed E-state index contributed by atoms with van der Waals surface area (Å²) in [6, 6.07) is 10.3. The zero-order valence-electron chi connectivity index (χ0n) is 8.96. The van der Waals surface area contributed by atoms with Gasteiger partial charge in [-0.05, 0) is 37.6 Å². The van der Waals surface area contributed by atoms with Crippen LogP contribution in [0.2, 0.25) is 0 Å². The first kappa shape index (κ1) is 11.4. The lowest BCUT2D eigenvalue weighted by Crippen LogP contribution is -2.50. The number of nitrogens with one attached hydrogen (secondary N) is 2. The lowest BCUT2D eigenvalue weighted by atomic mass is 9.91. The van der Waals surface area contributed by atoms with E-state index in [4.69, 9.17) is 0 Å². The molecular weight excluding hydrogens is 266 g/mol. The summed E-state index contributed by atoms with van der Waals surface area (Å²) in [5, 5.41) is 15.9. The summed E-state index contributed by atoms with van der Waals surface area (Å²) < 4.78 is 1.02. The van der Waals surface area contributed by atoms with Gasteiger partial charge in [0.25, 0.3) is 0 Å². The summed E-state index contributed by atoms with van der Waals surface area (Å²) in [5.74, 6) is 0. The van der Waals surface area contributed by atoms with E-state index in [9.17, 15) is 5.26 Å². The Labute approximate surface area is 104 Å². The number of nitriles is 1. The van der Waals surface area contributed by atoms with E-state index in [2.05, 4.69) is 32.6 Å². The van der Waals surface area contributed by atoms with Crippen LogP contribution in [-0.2, 0) is 0 Å². The third-order valence-electron chi connectivity index (χ3n) is 2.81. The van der Waals surface area contributed by atoms with Gasteiger partial charge in [0.15, 0.2) is 0 Å². The third-order valence-corrected chi connectivity index (χ3v) is 3.30. The van der Waals surface area contributed by atoms with Crippen molar-refractivity contribution in [2.75, 3.05) is 18.4 Å². The monoisotopic (exact) mass is 279 g/mol. The van der Waals surface area contributed by atoms with Gasteiger partial charge >= 0.3 is 0 Å². The first-order valence-electron chi connectivity index (χ1n) is 5.40. The molecule has 1 saturated heterocycles. The zero-order chi connectivity index (χ0) is 11.4. The fourth-order valence-corrected chi connectivity index (χ4v) is 2.38. The standard InChI is InChI=1S/C12H14BrN3/c13-10-3-1-4-11(7-10)16-12(8-14)5-2-6-15-9-12/h1,3-4,7,15-16H,2,5-6,9H2. The smallest absolute Gasteiger partial charge is 0.138 e. The highest BCUT2D eigenvalue weighted by Gasteiger charge is 2.31. The maximum absolute atomic E-state index is 9.31. The number of nitrogens with zero attached hydrogens (tertiary/aromatic N) is 1. The molecule has 1 heterocycles. The first-order valence-corrected chi connectivity index (χ1v) is 6.19. The molecule has 1 aromatic carbocycles. The zero-order valence-corrected chi connectivity index (χ0v) is 10.5. The van der Waals surface area contributed by atoms with Crippen molar-refractivity contribution in [3.8, 4) is 6.07 Å². The maximum atomic E-state index is 9.31. The Kier molecular flexibility index (Phi) is 3.47. The molecule has 0 spiro atoms. The van der Waals surface area contributed by atoms with Crippen molar-refractivity contribution in [2.45, 2.75) is 18.4 Å². The van der Waals surface area contributed by atoms with Crippen molar-refractivity contribution in [1.29, 1.82) is 5.26 Å². The van der Waals surface area contributed by atoms with Crippen molar-refractivity contribution in [3.63, 3.8) is 0 Å². The van der Waals surface area contributed by atoms with E-state index in [1.165, 1.54) is 0 Å². The van der Waals surface area contributed by atoms with E-state index in [1.807, 2.05) is 24.3 Å². The molecule has 2 N–H and O–H groups in total. The fourth-order valence-electron chi connectivity index (χ4n) is 1.98. The van der Waals surface area contributed by atoms with Gasteiger partial charge in [0.1, 0.15) is 5.54 Å². The molecule has 0 bridgehead atoms. The lowest BCUT2D eigenvalue weighted by Gasteiger charge is -2.33. The van der Waals surface area contributed by atoms with E-state index < -0.39 is 5.54 Å². The van der Waals surface area contributed by atoms with Gasteiger partial charge in [-0.3, -0.25) is 0 Å². The number of halogens is 1. The Morgan fingerprint density at radius 3 is 3.00 bits per heavy atom. The Hall–Kier alpha value is -1.05. The molecule has 16 heavy (non-hydrogen) atoms. The van der Waals surface area contributed by atoms with Crippen LogP contribution in [0.25, 0.3) is 0 Å². The maximum Gasteiger partial charge on any atom is 0.138 e. The van der Waals surface area contributed by atoms with Crippen molar-refractivity contribution in [2.24, 2.45) is 0 Å². The minimum Gasteiger partial charge on any atom is -0.366 e. The summed E-state index contributed by atoms with van der Waals surface area (Å²) in [4.78, 5) is 0. The summed E-state index contributed by atoms with van der Waals surface area (Å²) in [5.41, 5.74) is 0.526. The first-order chi connectivity index (χ1) is 7.74. The highest BCUT2D eigenvalue weighted by Crippen LogP contribution is 2.23. The third kappa shape index (κ3) is 2.55. The number of rotatable bonds is 2. The Morgan fingerprint density at radius 1 is 1.50 bits per heavy atom. The summed E-state index contributed by atoms with van der Waals surface area (Å²) >= 11 is 3.43. The van der Waals surface area contributed by atoms with Gasteiger partial charge in [0.05, 0.1) is 6.07 Å². The molecule has 84 valence electrons. The Balaban J connectivity index is 2.15. The molecule has 0 radical (unpaired) electrons. The number of piperidine rings is 1. The second-order valence-electron chi connectivity index (χ2n) is 4.11. The van der Waals surface area contributed by atoms with Crippen molar-refractivity contribution >= 4 is 21.6 Å². The predicted octanol–water partition coefficient (Wildman–Crippen LogP) is 2.51. The molecule has 3 nitrogen and oxygen atoms in total. The van der Waals surface area contributed by atoms with Gasteiger partial charge in [-0.25, -0.2) is 0 Å². The molecule has 0 aromatic heterocycles. The van der Waals surface area contributed by atoms with Crippen LogP contribution in [0.3, 0.4) is 0 Å². The lowest BCUT2D eigenvalue weighted by molar-refractivity contribution is 0.411. The molecule has 1 aliphatic heterocycles. The average Bonchev–Trinajstić information content (AvgIpc) is 2.30. The van der Waals surface area contributed by atoms with Gasteiger partial charge in [0, 0.05) is 16.7 Å². The molecule has 1 aliphatic rings. The van der Waals surface area contributed by atoms with Crippen molar-refractivity contribution < 1.29 is 0 Å². The van der Waals surface area contributed by atoms with Gasteiger partial charge in [-0.1, -0.05) is 22.0 Å². The van der Waals surface area contributed by atoms with E-state index in [0.717, 1.165) is 29.5 Å². The minimum atomic E-state index is -0.459. The Morgan fingerprint density at radius 2 is 2.38 bits per heavy atom. The van der Waals surface area contributed by atoms with E-state index in [-0.39, 0.29) is 0 Å². The summed E-state index contributed by atoms with van der Waals surface area (Å²) in [7, 11) is 0. The van der Waals surface area contributed by atoms with Crippen LogP contribution in [0.4, 0.5) is 5.69 Å². The van der Waals surface area contributed by atoms with Gasteiger partial charge < -0.3 is 10.6 Å². The molecule has 4 heteroatoms. The second-order valence-corrected chi connectivity index (χ2v) is 5.03. The molecular formula is C12H14BrN3. The molecule has 1 unspecified atom stereocenters. The molecule has 1 atom stereocenters. The molecule has 2 rings (SSSR count). The van der Waals surface area contributed by atoms with E-state index >= 15 is 0 Å². The average molecular weight is 280 g/mol. The quantitative estimate of drug-likeness (QED) is 0.875. The molecule has 1 aromatic rings. The van der Waals surface area contributed by atoms with Gasteiger partial charge in [-0.15, -0.1) is 0 Å². The molecule has 1 fully saturated rings. The van der Waals surface area contributed by atoms with Crippen LogP contribution in [0, 0.1) is 11.3 Å². The Bertz CT molecular complexity index is 405. The molecule has 0 aliphatic carbocycles. The number of anilines is 1. The highest BCUT2D eigenvalue weighted by atomic mass is 79.9. The van der Waals surface area contributed by atoms with Crippen LogP contribution >= 0.6 is 15.9 Å². The summed E-state index contributed by atoms with van der Waals surface area (Å²) in [6.45, 7) is 1.71. The van der Waals surface area contributed by atoms with E-state index in [1.54, 1.807) is 0 Å². The van der Waals surface area contributed by atoms with Crippen LogP contribution in [0.1, 0.15) is 12.8 Å². The molecule has 0 saturated carbocycles. The summed E-state index contributed by atoms with van der Waals surface area (Å²) in [6.07, 6.45) is 1.93. The number of hydrogen-bond acceptors (Lipinski definition) is 3. The van der Waals surface area contributed by atoms with E-state index in [0.29, 0.717) is 6.54 Å². The second kappa shape index (κ2) is 4.86. The molecule has 0 amide bonds. The van der Waals surface area contributed by atoms with Crippen molar-refractivity contribution in [1.82, 2.24) is 5.32 Å². The van der Waals surface area contributed by atoms with Crippen LogP contribution < -0.4 is 10.6 Å². The SMILES string of the molecule is N#CC1(Nc2cccc(Br)c2)CCCNC1. The fraction of sp³-hybridized carbons (Fsp3) is 0.417. The topological polar surface area (TPSA) is 47.9 Å². The predicted molar refractivity (Wildman–Crippen MR) is 68.2 cm³/mol. The van der Waals surface area contributed by atoms with Gasteiger partial charge in [-0.2, -0.15) is 5.26 Å².